The lowest BCUT2D eigenvalue weighted by atomic mass is 10.2. The Bertz CT molecular complexity index is 391. The van der Waals surface area contributed by atoms with Crippen LogP contribution >= 0.6 is 0 Å². The number of piperazine rings is 1. The summed E-state index contributed by atoms with van der Waals surface area (Å²) in [5, 5.41) is 0. The number of carbonyl (C=O) groups is 1. The van der Waals surface area contributed by atoms with Crippen LogP contribution in [-0.2, 0) is 7.05 Å². The molecule has 0 aromatic carbocycles. The molecule has 0 spiro atoms. The van der Waals surface area contributed by atoms with Crippen LogP contribution < -0.4 is 5.73 Å². The van der Waals surface area contributed by atoms with Gasteiger partial charge in [-0.3, -0.25) is 4.79 Å². The molecular weight excluding hydrogens is 204 g/mol. The summed E-state index contributed by atoms with van der Waals surface area (Å²) in [7, 11) is 3.91. The van der Waals surface area contributed by atoms with Crippen LogP contribution in [-0.4, -0.2) is 53.5 Å². The largest absolute Gasteiger partial charge is 0.384 e. The first-order valence-electron chi connectivity index (χ1n) is 5.48. The van der Waals surface area contributed by atoms with Crippen molar-refractivity contribution in [3.63, 3.8) is 0 Å². The molecule has 1 aliphatic heterocycles. The van der Waals surface area contributed by atoms with Gasteiger partial charge in [-0.25, -0.2) is 0 Å². The second kappa shape index (κ2) is 4.17. The molecular formula is C11H18N4O. The summed E-state index contributed by atoms with van der Waals surface area (Å²) in [6.45, 7) is 3.42. The number of hydrogen-bond donors (Lipinski definition) is 1. The van der Waals surface area contributed by atoms with Gasteiger partial charge >= 0.3 is 0 Å². The Kier molecular flexibility index (Phi) is 2.87. The molecule has 1 aromatic rings. The Balaban J connectivity index is 2.11. The number of anilines is 1. The summed E-state index contributed by atoms with van der Waals surface area (Å²) in [6, 6.07) is 1.79. The average Bonchev–Trinajstić information content (AvgIpc) is 2.60. The highest BCUT2D eigenvalue weighted by molar-refractivity contribution is 5.98. The van der Waals surface area contributed by atoms with Gasteiger partial charge in [-0.05, 0) is 13.1 Å². The molecule has 2 N–H and O–H groups in total. The molecule has 1 fully saturated rings. The molecule has 2 rings (SSSR count). The molecule has 0 aliphatic carbocycles. The fourth-order valence-corrected chi connectivity index (χ4v) is 1.90. The van der Waals surface area contributed by atoms with E-state index in [1.54, 1.807) is 10.6 Å². The van der Waals surface area contributed by atoms with E-state index in [1.807, 2.05) is 18.1 Å². The Morgan fingerprint density at radius 1 is 1.25 bits per heavy atom. The predicted molar refractivity (Wildman–Crippen MR) is 63.2 cm³/mol. The minimum Gasteiger partial charge on any atom is -0.384 e. The van der Waals surface area contributed by atoms with E-state index in [-0.39, 0.29) is 5.91 Å². The maximum Gasteiger partial charge on any atom is 0.257 e. The van der Waals surface area contributed by atoms with Gasteiger partial charge in [0.15, 0.2) is 0 Å². The summed E-state index contributed by atoms with van der Waals surface area (Å²) >= 11 is 0. The molecule has 88 valence electrons. The number of nitrogen functional groups attached to an aromatic ring is 1. The number of amides is 1. The first-order chi connectivity index (χ1) is 7.59. The molecule has 5 nitrogen and oxygen atoms in total. The molecule has 0 atom stereocenters. The smallest absolute Gasteiger partial charge is 0.257 e. The van der Waals surface area contributed by atoms with Crippen LogP contribution in [0.4, 0.5) is 5.82 Å². The van der Waals surface area contributed by atoms with E-state index in [4.69, 9.17) is 5.73 Å². The molecule has 0 bridgehead atoms. The molecule has 0 unspecified atom stereocenters. The molecule has 1 saturated heterocycles. The van der Waals surface area contributed by atoms with Crippen molar-refractivity contribution in [2.75, 3.05) is 39.0 Å². The van der Waals surface area contributed by atoms with Gasteiger partial charge in [0.1, 0.15) is 5.82 Å². The van der Waals surface area contributed by atoms with E-state index in [9.17, 15) is 4.79 Å². The van der Waals surface area contributed by atoms with Crippen molar-refractivity contribution in [3.05, 3.63) is 17.8 Å². The van der Waals surface area contributed by atoms with Gasteiger partial charge < -0.3 is 20.1 Å². The number of carbonyl (C=O) groups excluding carboxylic acids is 1. The average molecular weight is 222 g/mol. The predicted octanol–water partition coefficient (Wildman–Crippen LogP) is -0.00510. The van der Waals surface area contributed by atoms with E-state index in [0.29, 0.717) is 11.4 Å². The maximum atomic E-state index is 12.2. The molecule has 2 heterocycles. The lowest BCUT2D eigenvalue weighted by Crippen LogP contribution is -2.47. The monoisotopic (exact) mass is 222 g/mol. The van der Waals surface area contributed by atoms with Crippen LogP contribution in [0.25, 0.3) is 0 Å². The summed E-state index contributed by atoms with van der Waals surface area (Å²) < 4.78 is 1.77. The number of nitrogens with zero attached hydrogens (tertiary/aromatic N) is 3. The Hall–Kier alpha value is -1.49. The topological polar surface area (TPSA) is 54.5 Å². The lowest BCUT2D eigenvalue weighted by Gasteiger charge is -2.32. The molecule has 0 radical (unpaired) electrons. The van der Waals surface area contributed by atoms with Crippen LogP contribution in [0, 0.1) is 0 Å². The minimum atomic E-state index is 0.0474. The molecule has 5 heteroatoms. The van der Waals surface area contributed by atoms with Gasteiger partial charge in [0.25, 0.3) is 5.91 Å². The lowest BCUT2D eigenvalue weighted by molar-refractivity contribution is 0.0665. The second-order valence-electron chi connectivity index (χ2n) is 4.32. The number of rotatable bonds is 1. The molecule has 1 aliphatic rings. The van der Waals surface area contributed by atoms with Crippen molar-refractivity contribution in [1.82, 2.24) is 14.4 Å². The van der Waals surface area contributed by atoms with Crippen LogP contribution in [0.15, 0.2) is 12.3 Å². The SMILES string of the molecule is CN1CCN(C(=O)c2ccn(C)c2N)CC1. The van der Waals surface area contributed by atoms with E-state index >= 15 is 0 Å². The number of aromatic nitrogens is 1. The van der Waals surface area contributed by atoms with Crippen LogP contribution in [0.1, 0.15) is 10.4 Å². The number of aryl methyl sites for hydroxylation is 1. The van der Waals surface area contributed by atoms with Crippen molar-refractivity contribution in [1.29, 1.82) is 0 Å². The van der Waals surface area contributed by atoms with E-state index in [2.05, 4.69) is 11.9 Å². The normalized spacial score (nSPS) is 17.8. The number of hydrogen-bond acceptors (Lipinski definition) is 3. The fourth-order valence-electron chi connectivity index (χ4n) is 1.90. The summed E-state index contributed by atoms with van der Waals surface area (Å²) in [5.74, 6) is 0.593. The molecule has 0 saturated carbocycles. The van der Waals surface area contributed by atoms with Crippen LogP contribution in [0.5, 0.6) is 0 Å². The van der Waals surface area contributed by atoms with Gasteiger partial charge in [0, 0.05) is 39.4 Å². The maximum absolute atomic E-state index is 12.2. The van der Waals surface area contributed by atoms with Gasteiger partial charge in [-0.1, -0.05) is 0 Å². The highest BCUT2D eigenvalue weighted by Gasteiger charge is 2.22. The zero-order chi connectivity index (χ0) is 11.7. The van der Waals surface area contributed by atoms with Crippen molar-refractivity contribution >= 4 is 11.7 Å². The van der Waals surface area contributed by atoms with Crippen molar-refractivity contribution in [2.45, 2.75) is 0 Å². The Morgan fingerprint density at radius 3 is 2.38 bits per heavy atom. The van der Waals surface area contributed by atoms with Gasteiger partial charge in [0.05, 0.1) is 5.56 Å². The zero-order valence-corrected chi connectivity index (χ0v) is 9.81. The quantitative estimate of drug-likeness (QED) is 0.727. The fraction of sp³-hybridized carbons (Fsp3) is 0.545. The van der Waals surface area contributed by atoms with Crippen molar-refractivity contribution < 1.29 is 4.79 Å². The van der Waals surface area contributed by atoms with E-state index in [0.717, 1.165) is 26.2 Å². The van der Waals surface area contributed by atoms with E-state index in [1.165, 1.54) is 0 Å². The highest BCUT2D eigenvalue weighted by atomic mass is 16.2. The molecule has 16 heavy (non-hydrogen) atoms. The van der Waals surface area contributed by atoms with Gasteiger partial charge in [0.2, 0.25) is 0 Å². The van der Waals surface area contributed by atoms with Gasteiger partial charge in [-0.15, -0.1) is 0 Å². The second-order valence-corrected chi connectivity index (χ2v) is 4.32. The Labute approximate surface area is 95.4 Å². The third-order valence-corrected chi connectivity index (χ3v) is 3.14. The van der Waals surface area contributed by atoms with Gasteiger partial charge in [-0.2, -0.15) is 0 Å². The summed E-state index contributed by atoms with van der Waals surface area (Å²) in [4.78, 5) is 16.2. The summed E-state index contributed by atoms with van der Waals surface area (Å²) in [6.07, 6.45) is 1.82. The first kappa shape index (κ1) is 11.0. The van der Waals surface area contributed by atoms with Crippen molar-refractivity contribution in [3.8, 4) is 0 Å². The minimum absolute atomic E-state index is 0.0474. The van der Waals surface area contributed by atoms with Crippen molar-refractivity contribution in [2.24, 2.45) is 7.05 Å². The highest BCUT2D eigenvalue weighted by Crippen LogP contribution is 2.15. The number of nitrogens with two attached hydrogens (primary N) is 1. The third-order valence-electron chi connectivity index (χ3n) is 3.14. The standard InChI is InChI=1S/C11H18N4O/c1-13-5-7-15(8-6-13)11(16)9-3-4-14(2)10(9)12/h3-4H,5-8,12H2,1-2H3. The van der Waals surface area contributed by atoms with Crippen LogP contribution in [0.2, 0.25) is 0 Å². The zero-order valence-electron chi connectivity index (χ0n) is 9.81. The van der Waals surface area contributed by atoms with Crippen LogP contribution in [0.3, 0.4) is 0 Å². The summed E-state index contributed by atoms with van der Waals surface area (Å²) in [5.41, 5.74) is 6.46. The Morgan fingerprint density at radius 2 is 1.88 bits per heavy atom. The molecule has 1 amide bonds. The molecule has 1 aromatic heterocycles. The van der Waals surface area contributed by atoms with E-state index < -0.39 is 0 Å². The first-order valence-corrected chi connectivity index (χ1v) is 5.48. The third kappa shape index (κ3) is 1.90. The number of likely N-dealkylation sites (N-methyl/N-ethyl adjacent to an activating group) is 1.